The van der Waals surface area contributed by atoms with Gasteiger partial charge in [-0.25, -0.2) is 0 Å². The number of benzene rings is 2. The number of phenols is 1. The molecule has 0 fully saturated rings. The molecule has 0 saturated carbocycles. The van der Waals surface area contributed by atoms with E-state index in [1.54, 1.807) is 30.5 Å². The van der Waals surface area contributed by atoms with Gasteiger partial charge in [0, 0.05) is 18.0 Å². The summed E-state index contributed by atoms with van der Waals surface area (Å²) in [5.74, 6) is 0.579. The Bertz CT molecular complexity index is 868. The van der Waals surface area contributed by atoms with Gasteiger partial charge in [0.05, 0.1) is 5.69 Å². The molecule has 0 bridgehead atoms. The predicted molar refractivity (Wildman–Crippen MR) is 93.9 cm³/mol. The summed E-state index contributed by atoms with van der Waals surface area (Å²) in [6, 6.07) is 18.1. The third-order valence-electron chi connectivity index (χ3n) is 3.84. The molecule has 2 aromatic carbocycles. The highest BCUT2D eigenvalue weighted by Gasteiger charge is 2.12. The second-order valence-electron chi connectivity index (χ2n) is 5.47. The van der Waals surface area contributed by atoms with Crippen molar-refractivity contribution in [3.63, 3.8) is 0 Å². The molecule has 0 radical (unpaired) electrons. The van der Waals surface area contributed by atoms with Crippen LogP contribution in [0.15, 0.2) is 71.7 Å². The van der Waals surface area contributed by atoms with Crippen molar-refractivity contribution in [3.8, 4) is 17.2 Å². The van der Waals surface area contributed by atoms with Crippen molar-refractivity contribution in [1.29, 1.82) is 0 Å². The zero-order chi connectivity index (χ0) is 16.9. The minimum atomic E-state index is -0.127. The lowest BCUT2D eigenvalue weighted by Crippen LogP contribution is -2.15. The van der Waals surface area contributed by atoms with Crippen LogP contribution in [-0.4, -0.2) is 9.67 Å². The molecular weight excluding hydrogens is 302 g/mol. The summed E-state index contributed by atoms with van der Waals surface area (Å²) in [4.78, 5) is 12.3. The lowest BCUT2D eigenvalue weighted by Gasteiger charge is -2.17. The van der Waals surface area contributed by atoms with Gasteiger partial charge in [0.25, 0.3) is 0 Å². The number of aromatic hydroxyl groups is 1. The van der Waals surface area contributed by atoms with Gasteiger partial charge in [0.1, 0.15) is 12.4 Å². The highest BCUT2D eigenvalue weighted by atomic mass is 16.5. The molecular formula is C20H19NO3. The molecule has 0 aliphatic carbocycles. The molecule has 4 nitrogen and oxygen atoms in total. The Hall–Kier alpha value is -3.01. The maximum atomic E-state index is 12.3. The summed E-state index contributed by atoms with van der Waals surface area (Å²) in [5.41, 5.74) is 2.56. The maximum Gasteiger partial charge on any atom is 0.223 e. The van der Waals surface area contributed by atoms with E-state index in [1.165, 1.54) is 6.07 Å². The van der Waals surface area contributed by atoms with E-state index in [-0.39, 0.29) is 11.2 Å². The van der Waals surface area contributed by atoms with E-state index in [1.807, 2.05) is 41.8 Å². The van der Waals surface area contributed by atoms with E-state index >= 15 is 0 Å². The summed E-state index contributed by atoms with van der Waals surface area (Å²) >= 11 is 0. The van der Waals surface area contributed by atoms with Crippen LogP contribution in [0.1, 0.15) is 18.2 Å². The second kappa shape index (κ2) is 7.04. The molecule has 3 aromatic rings. The molecule has 0 spiro atoms. The third-order valence-corrected chi connectivity index (χ3v) is 3.84. The molecule has 0 unspecified atom stereocenters. The maximum absolute atomic E-state index is 12.3. The van der Waals surface area contributed by atoms with Crippen molar-refractivity contribution in [1.82, 2.24) is 4.57 Å². The smallest absolute Gasteiger partial charge is 0.223 e. The Morgan fingerprint density at radius 3 is 2.38 bits per heavy atom. The minimum Gasteiger partial charge on any atom is -0.508 e. The standard InChI is InChI=1S/C20H19NO3/c1-2-18-20(24-14-15-6-4-3-5-7-15)19(23)12-13-21(18)16-8-10-17(22)11-9-16/h3-13,22H,2,14H2,1H3. The van der Waals surface area contributed by atoms with Crippen LogP contribution in [0.3, 0.4) is 0 Å². The lowest BCUT2D eigenvalue weighted by atomic mass is 10.2. The van der Waals surface area contributed by atoms with Crippen molar-refractivity contribution >= 4 is 0 Å². The van der Waals surface area contributed by atoms with Gasteiger partial charge in [-0.1, -0.05) is 37.3 Å². The molecule has 1 heterocycles. The van der Waals surface area contributed by atoms with Gasteiger partial charge in [0.2, 0.25) is 5.43 Å². The van der Waals surface area contributed by atoms with Crippen LogP contribution in [0.25, 0.3) is 5.69 Å². The van der Waals surface area contributed by atoms with E-state index in [0.29, 0.717) is 18.8 Å². The van der Waals surface area contributed by atoms with Crippen molar-refractivity contribution in [2.24, 2.45) is 0 Å². The Morgan fingerprint density at radius 2 is 1.71 bits per heavy atom. The first-order chi connectivity index (χ1) is 11.7. The van der Waals surface area contributed by atoms with Gasteiger partial charge in [-0.3, -0.25) is 4.79 Å². The molecule has 3 rings (SSSR count). The van der Waals surface area contributed by atoms with E-state index in [9.17, 15) is 9.90 Å². The SMILES string of the molecule is CCc1c(OCc2ccccc2)c(=O)ccn1-c1ccc(O)cc1. The molecule has 4 heteroatoms. The van der Waals surface area contributed by atoms with Gasteiger partial charge in [-0.05, 0) is 36.2 Å². The highest BCUT2D eigenvalue weighted by molar-refractivity contribution is 5.42. The molecule has 0 amide bonds. The number of rotatable bonds is 5. The third kappa shape index (κ3) is 3.33. The van der Waals surface area contributed by atoms with Gasteiger partial charge in [-0.2, -0.15) is 0 Å². The summed E-state index contributed by atoms with van der Waals surface area (Å²) < 4.78 is 7.77. The first kappa shape index (κ1) is 15.9. The normalized spacial score (nSPS) is 10.5. The number of hydrogen-bond acceptors (Lipinski definition) is 3. The van der Waals surface area contributed by atoms with Crippen molar-refractivity contribution in [2.45, 2.75) is 20.0 Å². The van der Waals surface area contributed by atoms with Crippen LogP contribution in [0.5, 0.6) is 11.5 Å². The first-order valence-corrected chi connectivity index (χ1v) is 7.89. The molecule has 0 atom stereocenters. The van der Waals surface area contributed by atoms with Gasteiger partial charge >= 0.3 is 0 Å². The van der Waals surface area contributed by atoms with Gasteiger partial charge in [0.15, 0.2) is 5.75 Å². The zero-order valence-electron chi connectivity index (χ0n) is 13.5. The molecule has 0 aliphatic rings. The Morgan fingerprint density at radius 1 is 1.00 bits per heavy atom. The average molecular weight is 321 g/mol. The monoisotopic (exact) mass is 321 g/mol. The van der Waals surface area contributed by atoms with Crippen LogP contribution in [0.4, 0.5) is 0 Å². The minimum absolute atomic E-state index is 0.127. The summed E-state index contributed by atoms with van der Waals surface area (Å²) in [5, 5.41) is 9.46. The number of nitrogens with zero attached hydrogens (tertiary/aromatic N) is 1. The van der Waals surface area contributed by atoms with Crippen molar-refractivity contribution in [3.05, 3.63) is 88.3 Å². The van der Waals surface area contributed by atoms with E-state index in [2.05, 4.69) is 0 Å². The number of phenolic OH excluding ortho intramolecular Hbond substituents is 1. The van der Waals surface area contributed by atoms with Crippen LogP contribution < -0.4 is 10.2 Å². The van der Waals surface area contributed by atoms with Crippen LogP contribution in [0, 0.1) is 0 Å². The van der Waals surface area contributed by atoms with Crippen LogP contribution in [0.2, 0.25) is 0 Å². The van der Waals surface area contributed by atoms with Crippen molar-refractivity contribution in [2.75, 3.05) is 0 Å². The number of ether oxygens (including phenoxy) is 1. The average Bonchev–Trinajstić information content (AvgIpc) is 2.62. The summed E-state index contributed by atoms with van der Waals surface area (Å²) in [6.07, 6.45) is 2.39. The van der Waals surface area contributed by atoms with E-state index in [4.69, 9.17) is 4.74 Å². The fourth-order valence-corrected chi connectivity index (χ4v) is 2.63. The quantitative estimate of drug-likeness (QED) is 0.780. The predicted octanol–water partition coefficient (Wildman–Crippen LogP) is 3.68. The summed E-state index contributed by atoms with van der Waals surface area (Å²) in [7, 11) is 0. The summed E-state index contributed by atoms with van der Waals surface area (Å²) in [6.45, 7) is 2.34. The van der Waals surface area contributed by atoms with Gasteiger partial charge < -0.3 is 14.4 Å². The molecule has 1 aromatic heterocycles. The number of pyridine rings is 1. The second-order valence-corrected chi connectivity index (χ2v) is 5.47. The number of hydrogen-bond donors (Lipinski definition) is 1. The van der Waals surface area contributed by atoms with Crippen molar-refractivity contribution < 1.29 is 9.84 Å². The van der Waals surface area contributed by atoms with E-state index < -0.39 is 0 Å². The molecule has 122 valence electrons. The van der Waals surface area contributed by atoms with Gasteiger partial charge in [-0.15, -0.1) is 0 Å². The largest absolute Gasteiger partial charge is 0.508 e. The van der Waals surface area contributed by atoms with E-state index in [0.717, 1.165) is 16.9 Å². The Balaban J connectivity index is 1.97. The fourth-order valence-electron chi connectivity index (χ4n) is 2.63. The Kier molecular flexibility index (Phi) is 4.66. The molecule has 0 aliphatic heterocycles. The molecule has 0 saturated heterocycles. The number of aromatic nitrogens is 1. The fraction of sp³-hybridized carbons (Fsp3) is 0.150. The first-order valence-electron chi connectivity index (χ1n) is 7.89. The zero-order valence-corrected chi connectivity index (χ0v) is 13.5. The van der Waals surface area contributed by atoms with Crippen LogP contribution in [-0.2, 0) is 13.0 Å². The molecule has 24 heavy (non-hydrogen) atoms. The lowest BCUT2D eigenvalue weighted by molar-refractivity contribution is 0.297. The molecule has 1 N–H and O–H groups in total. The van der Waals surface area contributed by atoms with Crippen LogP contribution >= 0.6 is 0 Å². The highest BCUT2D eigenvalue weighted by Crippen LogP contribution is 2.21. The Labute approximate surface area is 140 Å². The topological polar surface area (TPSA) is 51.5 Å².